The molecule has 1 N–H and O–H groups in total. The number of benzene rings is 1. The van der Waals surface area contributed by atoms with Gasteiger partial charge in [0.1, 0.15) is 0 Å². The maximum atomic E-state index is 10.4. The number of aliphatic hydroxyl groups is 1. The Bertz CT molecular complexity index is 692. The number of nitrogens with zero attached hydrogens (tertiary/aromatic N) is 2. The quantitative estimate of drug-likeness (QED) is 0.786. The van der Waals surface area contributed by atoms with Crippen molar-refractivity contribution in [3.8, 4) is 0 Å². The van der Waals surface area contributed by atoms with Crippen LogP contribution in [0.15, 0.2) is 60.9 Å². The van der Waals surface area contributed by atoms with Gasteiger partial charge in [-0.2, -0.15) is 0 Å². The molecule has 3 aromatic rings. The van der Waals surface area contributed by atoms with E-state index in [-0.39, 0.29) is 0 Å². The van der Waals surface area contributed by atoms with Crippen molar-refractivity contribution in [2.75, 3.05) is 0 Å². The first-order chi connectivity index (χ1) is 9.84. The number of aromatic nitrogens is 2. The SMILES string of the molecule is OC(CCc1ccccn1)c1cccc2cccnc12. The third kappa shape index (κ3) is 2.68. The molecule has 2 heterocycles. The number of aryl methyl sites for hydroxylation is 1. The fraction of sp³-hybridized carbons (Fsp3) is 0.176. The van der Waals surface area contributed by atoms with E-state index in [9.17, 15) is 5.11 Å². The highest BCUT2D eigenvalue weighted by Crippen LogP contribution is 2.25. The van der Waals surface area contributed by atoms with Crippen LogP contribution in [0.25, 0.3) is 10.9 Å². The molecule has 0 saturated heterocycles. The molecular weight excluding hydrogens is 248 g/mol. The van der Waals surface area contributed by atoms with Crippen molar-refractivity contribution in [3.05, 3.63) is 72.2 Å². The maximum Gasteiger partial charge on any atom is 0.0814 e. The number of para-hydroxylation sites is 1. The molecule has 0 bridgehead atoms. The molecule has 3 heteroatoms. The maximum absolute atomic E-state index is 10.4. The number of hydrogen-bond acceptors (Lipinski definition) is 3. The van der Waals surface area contributed by atoms with E-state index in [4.69, 9.17) is 0 Å². The summed E-state index contributed by atoms with van der Waals surface area (Å²) in [7, 11) is 0. The fourth-order valence-electron chi connectivity index (χ4n) is 2.38. The zero-order valence-electron chi connectivity index (χ0n) is 11.1. The van der Waals surface area contributed by atoms with Gasteiger partial charge in [0.05, 0.1) is 11.6 Å². The Morgan fingerprint density at radius 2 is 1.75 bits per heavy atom. The monoisotopic (exact) mass is 264 g/mol. The number of aliphatic hydroxyl groups excluding tert-OH is 1. The van der Waals surface area contributed by atoms with Gasteiger partial charge >= 0.3 is 0 Å². The number of rotatable bonds is 4. The second-order valence-electron chi connectivity index (χ2n) is 4.80. The summed E-state index contributed by atoms with van der Waals surface area (Å²) in [6.45, 7) is 0. The summed E-state index contributed by atoms with van der Waals surface area (Å²) in [6, 6.07) is 15.7. The van der Waals surface area contributed by atoms with Crippen LogP contribution in [0.3, 0.4) is 0 Å². The summed E-state index contributed by atoms with van der Waals surface area (Å²) in [4.78, 5) is 8.66. The van der Waals surface area contributed by atoms with Crippen LogP contribution in [0, 0.1) is 0 Å². The highest BCUT2D eigenvalue weighted by Gasteiger charge is 2.12. The molecule has 0 aliphatic carbocycles. The molecule has 0 saturated carbocycles. The van der Waals surface area contributed by atoms with Gasteiger partial charge in [-0.3, -0.25) is 9.97 Å². The van der Waals surface area contributed by atoms with E-state index in [1.807, 2.05) is 48.5 Å². The van der Waals surface area contributed by atoms with Crippen molar-refractivity contribution >= 4 is 10.9 Å². The second kappa shape index (κ2) is 5.80. The van der Waals surface area contributed by atoms with Crippen LogP contribution in [-0.2, 0) is 6.42 Å². The molecule has 3 nitrogen and oxygen atoms in total. The van der Waals surface area contributed by atoms with Crippen LogP contribution in [0.1, 0.15) is 23.8 Å². The molecule has 0 amide bonds. The Morgan fingerprint density at radius 1 is 0.900 bits per heavy atom. The van der Waals surface area contributed by atoms with Gasteiger partial charge in [0.15, 0.2) is 0 Å². The van der Waals surface area contributed by atoms with Crippen LogP contribution in [0.2, 0.25) is 0 Å². The lowest BCUT2D eigenvalue weighted by Gasteiger charge is -2.12. The zero-order chi connectivity index (χ0) is 13.8. The van der Waals surface area contributed by atoms with E-state index in [0.29, 0.717) is 6.42 Å². The van der Waals surface area contributed by atoms with Crippen LogP contribution < -0.4 is 0 Å². The fourth-order valence-corrected chi connectivity index (χ4v) is 2.38. The van der Waals surface area contributed by atoms with Gasteiger partial charge in [-0.05, 0) is 31.0 Å². The Morgan fingerprint density at radius 3 is 2.60 bits per heavy atom. The van der Waals surface area contributed by atoms with Crippen molar-refractivity contribution in [2.24, 2.45) is 0 Å². The summed E-state index contributed by atoms with van der Waals surface area (Å²) in [5.74, 6) is 0. The molecule has 0 fully saturated rings. The minimum Gasteiger partial charge on any atom is -0.388 e. The third-order valence-corrected chi connectivity index (χ3v) is 3.42. The molecule has 0 spiro atoms. The van der Waals surface area contributed by atoms with Crippen LogP contribution in [-0.4, -0.2) is 15.1 Å². The first-order valence-corrected chi connectivity index (χ1v) is 6.76. The molecule has 100 valence electrons. The average Bonchev–Trinajstić information content (AvgIpc) is 2.53. The van der Waals surface area contributed by atoms with Gasteiger partial charge in [0.25, 0.3) is 0 Å². The average molecular weight is 264 g/mol. The van der Waals surface area contributed by atoms with E-state index < -0.39 is 6.10 Å². The highest BCUT2D eigenvalue weighted by atomic mass is 16.3. The summed E-state index contributed by atoms with van der Waals surface area (Å²) in [5, 5.41) is 11.5. The first kappa shape index (κ1) is 12.8. The van der Waals surface area contributed by atoms with Crippen LogP contribution >= 0.6 is 0 Å². The molecule has 0 radical (unpaired) electrons. The van der Waals surface area contributed by atoms with Crippen molar-refractivity contribution in [3.63, 3.8) is 0 Å². The smallest absolute Gasteiger partial charge is 0.0814 e. The largest absolute Gasteiger partial charge is 0.388 e. The molecule has 0 aliphatic rings. The molecule has 3 rings (SSSR count). The normalized spacial score (nSPS) is 12.4. The molecular formula is C17H16N2O. The summed E-state index contributed by atoms with van der Waals surface area (Å²) in [6.07, 6.45) is 4.42. The van der Waals surface area contributed by atoms with E-state index >= 15 is 0 Å². The summed E-state index contributed by atoms with van der Waals surface area (Å²) < 4.78 is 0. The second-order valence-corrected chi connectivity index (χ2v) is 4.80. The number of fused-ring (bicyclic) bond motifs is 1. The Hall–Kier alpha value is -2.26. The lowest BCUT2D eigenvalue weighted by Crippen LogP contribution is -2.02. The van der Waals surface area contributed by atoms with Crippen molar-refractivity contribution in [1.29, 1.82) is 0 Å². The first-order valence-electron chi connectivity index (χ1n) is 6.76. The minimum absolute atomic E-state index is 0.518. The summed E-state index contributed by atoms with van der Waals surface area (Å²) in [5.41, 5.74) is 2.77. The van der Waals surface area contributed by atoms with E-state index in [0.717, 1.165) is 28.6 Å². The molecule has 1 unspecified atom stereocenters. The lowest BCUT2D eigenvalue weighted by atomic mass is 10.0. The van der Waals surface area contributed by atoms with Gasteiger partial charge in [-0.25, -0.2) is 0 Å². The molecule has 20 heavy (non-hydrogen) atoms. The Balaban J connectivity index is 1.80. The van der Waals surface area contributed by atoms with E-state index in [1.54, 1.807) is 12.4 Å². The molecule has 2 aromatic heterocycles. The van der Waals surface area contributed by atoms with Gasteiger partial charge in [0, 0.05) is 29.0 Å². The van der Waals surface area contributed by atoms with Gasteiger partial charge in [-0.15, -0.1) is 0 Å². The minimum atomic E-state index is -0.518. The van der Waals surface area contributed by atoms with Crippen molar-refractivity contribution in [1.82, 2.24) is 9.97 Å². The third-order valence-electron chi connectivity index (χ3n) is 3.42. The van der Waals surface area contributed by atoms with Crippen LogP contribution in [0.4, 0.5) is 0 Å². The Labute approximate surface area is 117 Å². The van der Waals surface area contributed by atoms with E-state index in [2.05, 4.69) is 9.97 Å². The van der Waals surface area contributed by atoms with Crippen molar-refractivity contribution < 1.29 is 5.11 Å². The predicted octanol–water partition coefficient (Wildman–Crippen LogP) is 3.30. The molecule has 0 aliphatic heterocycles. The number of pyridine rings is 2. The van der Waals surface area contributed by atoms with Gasteiger partial charge in [0.2, 0.25) is 0 Å². The molecule has 1 atom stereocenters. The lowest BCUT2D eigenvalue weighted by molar-refractivity contribution is 0.169. The predicted molar refractivity (Wildman–Crippen MR) is 79.3 cm³/mol. The van der Waals surface area contributed by atoms with E-state index in [1.165, 1.54) is 0 Å². The molecule has 1 aromatic carbocycles. The standard InChI is InChI=1S/C17H16N2O/c20-16(10-9-14-7-1-2-11-18-14)15-8-3-5-13-6-4-12-19-17(13)15/h1-8,11-12,16,20H,9-10H2. The number of hydrogen-bond donors (Lipinski definition) is 1. The van der Waals surface area contributed by atoms with Crippen molar-refractivity contribution in [2.45, 2.75) is 18.9 Å². The van der Waals surface area contributed by atoms with Crippen LogP contribution in [0.5, 0.6) is 0 Å². The van der Waals surface area contributed by atoms with Gasteiger partial charge in [-0.1, -0.05) is 30.3 Å². The van der Waals surface area contributed by atoms with Gasteiger partial charge < -0.3 is 5.11 Å². The zero-order valence-corrected chi connectivity index (χ0v) is 11.1. The Kier molecular flexibility index (Phi) is 3.70. The highest BCUT2D eigenvalue weighted by molar-refractivity contribution is 5.81. The topological polar surface area (TPSA) is 46.0 Å². The summed E-state index contributed by atoms with van der Waals surface area (Å²) >= 11 is 0.